The summed E-state index contributed by atoms with van der Waals surface area (Å²) in [7, 11) is 0. The number of esters is 2. The number of ether oxygens (including phenoxy) is 2. The van der Waals surface area contributed by atoms with E-state index in [4.69, 9.17) is 9.47 Å². The van der Waals surface area contributed by atoms with Crippen molar-refractivity contribution in [3.63, 3.8) is 0 Å². The molecular formula is C20H19NO4. The largest absolute Gasteiger partial charge is 0.423 e. The Morgan fingerprint density at radius 3 is 2.52 bits per heavy atom. The number of hydrogen-bond acceptors (Lipinski definition) is 4. The van der Waals surface area contributed by atoms with E-state index >= 15 is 0 Å². The van der Waals surface area contributed by atoms with E-state index in [2.05, 4.69) is 0 Å². The van der Waals surface area contributed by atoms with Crippen LogP contribution in [0.4, 0.5) is 0 Å². The molecule has 0 amide bonds. The van der Waals surface area contributed by atoms with E-state index < -0.39 is 5.97 Å². The second kappa shape index (κ2) is 7.21. The SMILES string of the molecule is CCCC(=O)Oc1cc(C(=O)Oc2ccccc2)cc2c(C)ccn12. The third-order valence-electron chi connectivity index (χ3n) is 3.81. The maximum Gasteiger partial charge on any atom is 0.343 e. The van der Waals surface area contributed by atoms with E-state index in [1.54, 1.807) is 34.7 Å². The molecule has 0 aliphatic rings. The highest BCUT2D eigenvalue weighted by atomic mass is 16.5. The third-order valence-corrected chi connectivity index (χ3v) is 3.81. The van der Waals surface area contributed by atoms with Crippen molar-refractivity contribution >= 4 is 17.5 Å². The number of hydrogen-bond donors (Lipinski definition) is 0. The van der Waals surface area contributed by atoms with Crippen molar-refractivity contribution < 1.29 is 19.1 Å². The number of nitrogens with zero attached hydrogens (tertiary/aromatic N) is 1. The molecule has 3 rings (SSSR count). The van der Waals surface area contributed by atoms with Crippen LogP contribution < -0.4 is 9.47 Å². The van der Waals surface area contributed by atoms with Crippen LogP contribution in [-0.2, 0) is 4.79 Å². The average molecular weight is 337 g/mol. The number of carbonyl (C=O) groups is 2. The summed E-state index contributed by atoms with van der Waals surface area (Å²) >= 11 is 0. The van der Waals surface area contributed by atoms with Crippen LogP contribution in [0, 0.1) is 6.92 Å². The van der Waals surface area contributed by atoms with Gasteiger partial charge in [-0.1, -0.05) is 25.1 Å². The maximum atomic E-state index is 12.5. The second-order valence-corrected chi connectivity index (χ2v) is 5.76. The van der Waals surface area contributed by atoms with E-state index in [1.165, 1.54) is 6.07 Å². The van der Waals surface area contributed by atoms with Crippen molar-refractivity contribution in [1.29, 1.82) is 0 Å². The number of benzene rings is 1. The number of pyridine rings is 1. The molecule has 0 unspecified atom stereocenters. The Labute approximate surface area is 145 Å². The van der Waals surface area contributed by atoms with Gasteiger partial charge in [-0.25, -0.2) is 4.79 Å². The van der Waals surface area contributed by atoms with E-state index in [9.17, 15) is 9.59 Å². The fraction of sp³-hybridized carbons (Fsp3) is 0.200. The van der Waals surface area contributed by atoms with Crippen LogP contribution in [0.1, 0.15) is 35.7 Å². The van der Waals surface area contributed by atoms with Crippen molar-refractivity contribution in [2.75, 3.05) is 0 Å². The van der Waals surface area contributed by atoms with Gasteiger partial charge in [-0.05, 0) is 43.2 Å². The van der Waals surface area contributed by atoms with Crippen molar-refractivity contribution in [2.24, 2.45) is 0 Å². The lowest BCUT2D eigenvalue weighted by atomic mass is 10.2. The van der Waals surface area contributed by atoms with Gasteiger partial charge in [0.05, 0.1) is 11.1 Å². The highest BCUT2D eigenvalue weighted by Gasteiger charge is 2.16. The first kappa shape index (κ1) is 16.8. The minimum Gasteiger partial charge on any atom is -0.423 e. The quantitative estimate of drug-likeness (QED) is 0.518. The monoisotopic (exact) mass is 337 g/mol. The Morgan fingerprint density at radius 2 is 1.80 bits per heavy atom. The van der Waals surface area contributed by atoms with Gasteiger partial charge in [0.2, 0.25) is 5.88 Å². The van der Waals surface area contributed by atoms with Crippen molar-refractivity contribution in [2.45, 2.75) is 26.7 Å². The van der Waals surface area contributed by atoms with Gasteiger partial charge in [0.1, 0.15) is 5.75 Å². The van der Waals surface area contributed by atoms with E-state index in [0.717, 1.165) is 11.1 Å². The lowest BCUT2D eigenvalue weighted by Gasteiger charge is -2.10. The molecule has 0 aliphatic heterocycles. The molecule has 0 spiro atoms. The normalized spacial score (nSPS) is 10.6. The Morgan fingerprint density at radius 1 is 1.04 bits per heavy atom. The minimum absolute atomic E-state index is 0.309. The van der Waals surface area contributed by atoms with Gasteiger partial charge in [-0.3, -0.25) is 9.20 Å². The van der Waals surface area contributed by atoms with Crippen molar-refractivity contribution in [1.82, 2.24) is 4.40 Å². The van der Waals surface area contributed by atoms with Gasteiger partial charge in [0.15, 0.2) is 0 Å². The lowest BCUT2D eigenvalue weighted by Crippen LogP contribution is -2.13. The summed E-state index contributed by atoms with van der Waals surface area (Å²) in [4.78, 5) is 24.4. The predicted octanol–water partition coefficient (Wildman–Crippen LogP) is 4.17. The van der Waals surface area contributed by atoms with Crippen LogP contribution in [0.5, 0.6) is 11.6 Å². The molecule has 0 atom stereocenters. The van der Waals surface area contributed by atoms with Crippen LogP contribution in [0.25, 0.3) is 5.52 Å². The first-order valence-electron chi connectivity index (χ1n) is 8.18. The van der Waals surface area contributed by atoms with Gasteiger partial charge in [0.25, 0.3) is 0 Å². The zero-order valence-electron chi connectivity index (χ0n) is 14.2. The molecule has 3 aromatic rings. The van der Waals surface area contributed by atoms with E-state index in [-0.39, 0.29) is 5.97 Å². The summed E-state index contributed by atoms with van der Waals surface area (Å²) < 4.78 is 12.6. The fourth-order valence-electron chi connectivity index (χ4n) is 2.53. The van der Waals surface area contributed by atoms with Crippen LogP contribution in [0.15, 0.2) is 54.7 Å². The van der Waals surface area contributed by atoms with E-state index in [0.29, 0.717) is 30.0 Å². The number of carbonyl (C=O) groups excluding carboxylic acids is 2. The molecule has 5 nitrogen and oxygen atoms in total. The zero-order chi connectivity index (χ0) is 17.8. The Balaban J connectivity index is 1.96. The Bertz CT molecular complexity index is 912. The molecule has 5 heteroatoms. The van der Waals surface area contributed by atoms with Crippen LogP contribution in [0.3, 0.4) is 0 Å². The number of para-hydroxylation sites is 1. The highest BCUT2D eigenvalue weighted by Crippen LogP contribution is 2.24. The van der Waals surface area contributed by atoms with Gasteiger partial charge < -0.3 is 9.47 Å². The van der Waals surface area contributed by atoms with Crippen molar-refractivity contribution in [3.05, 3.63) is 65.9 Å². The summed E-state index contributed by atoms with van der Waals surface area (Å²) in [6.07, 6.45) is 2.83. The summed E-state index contributed by atoms with van der Waals surface area (Å²) in [6.45, 7) is 3.84. The summed E-state index contributed by atoms with van der Waals surface area (Å²) in [6, 6.07) is 14.0. The number of rotatable bonds is 5. The van der Waals surface area contributed by atoms with Crippen LogP contribution in [-0.4, -0.2) is 16.3 Å². The molecule has 0 aliphatic carbocycles. The third kappa shape index (κ3) is 3.71. The maximum absolute atomic E-state index is 12.5. The number of aromatic nitrogens is 1. The molecule has 2 aromatic heterocycles. The highest BCUT2D eigenvalue weighted by molar-refractivity contribution is 5.93. The number of aryl methyl sites for hydroxylation is 1. The molecule has 2 heterocycles. The summed E-state index contributed by atoms with van der Waals surface area (Å²) in [5.74, 6) is -0.0566. The first-order valence-corrected chi connectivity index (χ1v) is 8.18. The molecule has 0 saturated carbocycles. The average Bonchev–Trinajstić information content (AvgIpc) is 2.97. The van der Waals surface area contributed by atoms with Crippen LogP contribution in [0.2, 0.25) is 0 Å². The molecule has 0 N–H and O–H groups in total. The molecule has 25 heavy (non-hydrogen) atoms. The fourth-order valence-corrected chi connectivity index (χ4v) is 2.53. The van der Waals surface area contributed by atoms with E-state index in [1.807, 2.05) is 32.2 Å². The van der Waals surface area contributed by atoms with Crippen molar-refractivity contribution in [3.8, 4) is 11.6 Å². The topological polar surface area (TPSA) is 57.0 Å². The van der Waals surface area contributed by atoms with Gasteiger partial charge in [-0.15, -0.1) is 0 Å². The molecule has 1 aromatic carbocycles. The van der Waals surface area contributed by atoms with Crippen LogP contribution >= 0.6 is 0 Å². The zero-order valence-corrected chi connectivity index (χ0v) is 14.2. The first-order chi connectivity index (χ1) is 12.1. The predicted molar refractivity (Wildman–Crippen MR) is 94.1 cm³/mol. The summed E-state index contributed by atoms with van der Waals surface area (Å²) in [5.41, 5.74) is 2.10. The minimum atomic E-state index is -0.498. The Hall–Kier alpha value is -3.08. The van der Waals surface area contributed by atoms with Gasteiger partial charge >= 0.3 is 11.9 Å². The molecular weight excluding hydrogens is 318 g/mol. The summed E-state index contributed by atoms with van der Waals surface area (Å²) in [5, 5.41) is 0. The molecule has 0 fully saturated rings. The molecule has 128 valence electrons. The smallest absolute Gasteiger partial charge is 0.343 e. The van der Waals surface area contributed by atoms with Gasteiger partial charge in [0, 0.05) is 18.7 Å². The van der Waals surface area contributed by atoms with Gasteiger partial charge in [-0.2, -0.15) is 0 Å². The second-order valence-electron chi connectivity index (χ2n) is 5.76. The lowest BCUT2D eigenvalue weighted by molar-refractivity contribution is -0.134. The standard InChI is InChI=1S/C20H19NO4/c1-3-7-19(22)25-18-13-15(12-17-14(2)10-11-21(17)18)20(23)24-16-8-5-4-6-9-16/h4-6,8-13H,3,7H2,1-2H3. The molecule has 0 saturated heterocycles. The number of fused-ring (bicyclic) bond motifs is 1. The molecule has 0 radical (unpaired) electrons. The Kier molecular flexibility index (Phi) is 4.84. The molecule has 0 bridgehead atoms.